The number of carbonyl (C=O) groups is 2. The number of rotatable bonds is 2. The SMILES string of the molecule is NC(=O)c1[nH]c(=O)[nH]c1C(N)=O. The summed E-state index contributed by atoms with van der Waals surface area (Å²) < 4.78 is 0. The van der Waals surface area contributed by atoms with Crippen LogP contribution in [0.1, 0.15) is 21.0 Å². The maximum absolute atomic E-state index is 10.6. The average Bonchev–Trinajstić information content (AvgIpc) is 2.31. The molecule has 0 atom stereocenters. The Morgan fingerprint density at radius 3 is 1.58 bits per heavy atom. The normalized spacial score (nSPS) is 9.67. The number of aromatic nitrogens is 2. The molecule has 0 aliphatic heterocycles. The lowest BCUT2D eigenvalue weighted by molar-refractivity contribution is 0.0962. The van der Waals surface area contributed by atoms with E-state index in [-0.39, 0.29) is 11.4 Å². The van der Waals surface area contributed by atoms with E-state index in [1.54, 1.807) is 0 Å². The van der Waals surface area contributed by atoms with E-state index in [1.165, 1.54) is 0 Å². The lowest BCUT2D eigenvalue weighted by Gasteiger charge is -1.91. The van der Waals surface area contributed by atoms with E-state index >= 15 is 0 Å². The number of aromatic amines is 2. The van der Waals surface area contributed by atoms with Crippen LogP contribution in [0.5, 0.6) is 0 Å². The molecule has 2 amide bonds. The van der Waals surface area contributed by atoms with E-state index in [4.69, 9.17) is 11.5 Å². The van der Waals surface area contributed by atoms with Crippen molar-refractivity contribution < 1.29 is 9.59 Å². The lowest BCUT2D eigenvalue weighted by atomic mass is 10.3. The Kier molecular flexibility index (Phi) is 1.70. The number of primary amides is 2. The lowest BCUT2D eigenvalue weighted by Crippen LogP contribution is -2.20. The highest BCUT2D eigenvalue weighted by molar-refractivity contribution is 6.03. The summed E-state index contributed by atoms with van der Waals surface area (Å²) in [5.74, 6) is -1.83. The molecule has 7 nitrogen and oxygen atoms in total. The van der Waals surface area contributed by atoms with Crippen LogP contribution in [-0.2, 0) is 0 Å². The Morgan fingerprint density at radius 2 is 1.33 bits per heavy atom. The Bertz CT molecular complexity index is 353. The molecule has 0 fully saturated rings. The van der Waals surface area contributed by atoms with Gasteiger partial charge in [0.25, 0.3) is 11.8 Å². The zero-order valence-electron chi connectivity index (χ0n) is 5.88. The number of nitrogens with one attached hydrogen (secondary N) is 2. The predicted octanol–water partition coefficient (Wildman–Crippen LogP) is -2.10. The molecule has 6 N–H and O–H groups in total. The second kappa shape index (κ2) is 2.53. The molecule has 0 saturated heterocycles. The molecular weight excluding hydrogens is 164 g/mol. The highest BCUT2D eigenvalue weighted by Crippen LogP contribution is 1.96. The third-order valence-corrected chi connectivity index (χ3v) is 1.22. The summed E-state index contributed by atoms with van der Waals surface area (Å²) in [6.07, 6.45) is 0. The summed E-state index contributed by atoms with van der Waals surface area (Å²) in [4.78, 5) is 35.8. The van der Waals surface area contributed by atoms with Gasteiger partial charge in [-0.2, -0.15) is 0 Å². The van der Waals surface area contributed by atoms with E-state index < -0.39 is 17.5 Å². The first-order chi connectivity index (χ1) is 5.52. The molecule has 1 aromatic heterocycles. The van der Waals surface area contributed by atoms with Gasteiger partial charge in [-0.15, -0.1) is 0 Å². The molecule has 12 heavy (non-hydrogen) atoms. The van der Waals surface area contributed by atoms with Crippen LogP contribution in [0.15, 0.2) is 4.79 Å². The Balaban J connectivity index is 3.36. The summed E-state index contributed by atoms with van der Waals surface area (Å²) in [5.41, 5.74) is 8.36. The van der Waals surface area contributed by atoms with E-state index in [0.717, 1.165) is 0 Å². The second-order valence-electron chi connectivity index (χ2n) is 2.06. The summed E-state index contributed by atoms with van der Waals surface area (Å²) >= 11 is 0. The number of amides is 2. The van der Waals surface area contributed by atoms with E-state index in [2.05, 4.69) is 0 Å². The maximum Gasteiger partial charge on any atom is 0.324 e. The molecule has 0 bridgehead atoms. The number of nitrogens with two attached hydrogens (primary N) is 2. The molecule has 0 aliphatic carbocycles. The molecule has 1 aromatic rings. The fraction of sp³-hybridized carbons (Fsp3) is 0. The third kappa shape index (κ3) is 1.19. The molecule has 1 rings (SSSR count). The zero-order chi connectivity index (χ0) is 9.30. The molecule has 0 spiro atoms. The molecule has 7 heteroatoms. The number of hydrogen-bond acceptors (Lipinski definition) is 3. The largest absolute Gasteiger partial charge is 0.364 e. The number of carbonyl (C=O) groups excluding carboxylic acids is 2. The van der Waals surface area contributed by atoms with Crippen molar-refractivity contribution in [3.63, 3.8) is 0 Å². The minimum atomic E-state index is -0.915. The van der Waals surface area contributed by atoms with Crippen LogP contribution >= 0.6 is 0 Å². The standard InChI is InChI=1S/C5H6N4O3/c6-3(10)1-2(4(7)11)9-5(12)8-1/h(H2,6,10)(H2,7,11)(H2,8,9,12). The molecule has 1 heterocycles. The van der Waals surface area contributed by atoms with Crippen molar-refractivity contribution in [2.24, 2.45) is 11.5 Å². The van der Waals surface area contributed by atoms with Gasteiger partial charge < -0.3 is 21.4 Å². The van der Waals surface area contributed by atoms with E-state index in [1.807, 2.05) is 9.97 Å². The minimum Gasteiger partial charge on any atom is -0.364 e. The van der Waals surface area contributed by atoms with Gasteiger partial charge in [-0.1, -0.05) is 0 Å². The first-order valence-electron chi connectivity index (χ1n) is 2.94. The van der Waals surface area contributed by atoms with Crippen LogP contribution in [-0.4, -0.2) is 21.8 Å². The summed E-state index contributed by atoms with van der Waals surface area (Å²) in [5, 5.41) is 0. The maximum atomic E-state index is 10.6. The van der Waals surface area contributed by atoms with Crippen LogP contribution in [0, 0.1) is 0 Å². The van der Waals surface area contributed by atoms with Gasteiger partial charge in [0.1, 0.15) is 11.4 Å². The van der Waals surface area contributed by atoms with Crippen molar-refractivity contribution in [2.75, 3.05) is 0 Å². The van der Waals surface area contributed by atoms with Crippen LogP contribution in [0.25, 0.3) is 0 Å². The molecule has 64 valence electrons. The van der Waals surface area contributed by atoms with Gasteiger partial charge in [-0.25, -0.2) is 4.79 Å². The molecular formula is C5H6N4O3. The number of imidazole rings is 1. The van der Waals surface area contributed by atoms with Gasteiger partial charge >= 0.3 is 5.69 Å². The highest BCUT2D eigenvalue weighted by Gasteiger charge is 2.15. The third-order valence-electron chi connectivity index (χ3n) is 1.22. The van der Waals surface area contributed by atoms with Crippen molar-refractivity contribution >= 4 is 11.8 Å². The van der Waals surface area contributed by atoms with Gasteiger partial charge in [-0.05, 0) is 0 Å². The van der Waals surface area contributed by atoms with Gasteiger partial charge in [-0.3, -0.25) is 9.59 Å². The molecule has 0 aromatic carbocycles. The highest BCUT2D eigenvalue weighted by atomic mass is 16.2. The van der Waals surface area contributed by atoms with Crippen LogP contribution in [0.2, 0.25) is 0 Å². The fourth-order valence-electron chi connectivity index (χ4n) is 0.753. The van der Waals surface area contributed by atoms with Crippen molar-refractivity contribution in [3.05, 3.63) is 21.9 Å². The first kappa shape index (κ1) is 8.05. The Morgan fingerprint density at radius 1 is 1.00 bits per heavy atom. The van der Waals surface area contributed by atoms with Crippen LogP contribution in [0.3, 0.4) is 0 Å². The summed E-state index contributed by atoms with van der Waals surface area (Å²) in [6.45, 7) is 0. The molecule has 0 radical (unpaired) electrons. The minimum absolute atomic E-state index is 0.299. The Labute approximate surface area is 65.8 Å². The van der Waals surface area contributed by atoms with E-state index in [9.17, 15) is 14.4 Å². The van der Waals surface area contributed by atoms with Crippen molar-refractivity contribution in [2.45, 2.75) is 0 Å². The topological polar surface area (TPSA) is 135 Å². The number of H-pyrrole nitrogens is 2. The van der Waals surface area contributed by atoms with Crippen molar-refractivity contribution in [1.29, 1.82) is 0 Å². The molecule has 0 aliphatic rings. The Hall–Kier alpha value is -2.05. The van der Waals surface area contributed by atoms with Gasteiger partial charge in [0.2, 0.25) is 0 Å². The average molecular weight is 170 g/mol. The smallest absolute Gasteiger partial charge is 0.324 e. The monoisotopic (exact) mass is 170 g/mol. The first-order valence-corrected chi connectivity index (χ1v) is 2.94. The van der Waals surface area contributed by atoms with Crippen molar-refractivity contribution in [3.8, 4) is 0 Å². The second-order valence-corrected chi connectivity index (χ2v) is 2.06. The quantitative estimate of drug-likeness (QED) is 0.404. The summed E-state index contributed by atoms with van der Waals surface area (Å²) in [6, 6.07) is 0. The van der Waals surface area contributed by atoms with E-state index in [0.29, 0.717) is 0 Å². The van der Waals surface area contributed by atoms with Gasteiger partial charge in [0.05, 0.1) is 0 Å². The van der Waals surface area contributed by atoms with Crippen molar-refractivity contribution in [1.82, 2.24) is 9.97 Å². The predicted molar refractivity (Wildman–Crippen MR) is 38.4 cm³/mol. The van der Waals surface area contributed by atoms with Crippen LogP contribution in [0.4, 0.5) is 0 Å². The number of hydrogen-bond donors (Lipinski definition) is 4. The fourth-order valence-corrected chi connectivity index (χ4v) is 0.753. The summed E-state index contributed by atoms with van der Waals surface area (Å²) in [7, 11) is 0. The molecule has 0 unspecified atom stereocenters. The van der Waals surface area contributed by atoms with Gasteiger partial charge in [0, 0.05) is 0 Å². The van der Waals surface area contributed by atoms with Gasteiger partial charge in [0.15, 0.2) is 0 Å². The van der Waals surface area contributed by atoms with Crippen LogP contribution < -0.4 is 17.2 Å². The molecule has 0 saturated carbocycles. The zero-order valence-corrected chi connectivity index (χ0v) is 5.88.